The molecule has 0 unspecified atom stereocenters. The summed E-state index contributed by atoms with van der Waals surface area (Å²) in [5.74, 6) is 0.859. The monoisotopic (exact) mass is 391 g/mol. The molecule has 0 aliphatic carbocycles. The Morgan fingerprint density at radius 3 is 2.48 bits per heavy atom. The van der Waals surface area contributed by atoms with Crippen LogP contribution in [0.5, 0.6) is 5.75 Å². The van der Waals surface area contributed by atoms with Gasteiger partial charge < -0.3 is 14.4 Å². The largest absolute Gasteiger partial charge is 0.488 e. The molecule has 152 valence electrons. The molecule has 1 fully saturated rings. The summed E-state index contributed by atoms with van der Waals surface area (Å²) in [5, 5.41) is 0. The van der Waals surface area contributed by atoms with Crippen LogP contribution in [-0.4, -0.2) is 36.6 Å². The van der Waals surface area contributed by atoms with Gasteiger partial charge in [-0.25, -0.2) is 0 Å². The van der Waals surface area contributed by atoms with E-state index in [0.717, 1.165) is 38.2 Å². The molecule has 0 radical (unpaired) electrons. The minimum absolute atomic E-state index is 0.0437. The number of nitrogens with zero attached hydrogens (tertiary/aromatic N) is 1. The molecular formula is C25H29NO3. The van der Waals surface area contributed by atoms with Crippen LogP contribution in [-0.2, 0) is 16.1 Å². The zero-order chi connectivity index (χ0) is 20.2. The van der Waals surface area contributed by atoms with Gasteiger partial charge >= 0.3 is 5.97 Å². The summed E-state index contributed by atoms with van der Waals surface area (Å²) in [7, 11) is 0. The van der Waals surface area contributed by atoms with Crippen molar-refractivity contribution < 1.29 is 14.3 Å². The fourth-order valence-electron chi connectivity index (χ4n) is 4.24. The van der Waals surface area contributed by atoms with Crippen molar-refractivity contribution in [2.45, 2.75) is 45.8 Å². The van der Waals surface area contributed by atoms with Crippen LogP contribution >= 0.6 is 0 Å². The van der Waals surface area contributed by atoms with E-state index in [4.69, 9.17) is 9.47 Å². The number of likely N-dealkylation sites (tertiary alicyclic amines) is 1. The minimum atomic E-state index is -0.104. The van der Waals surface area contributed by atoms with E-state index in [0.29, 0.717) is 13.0 Å². The van der Waals surface area contributed by atoms with E-state index in [9.17, 15) is 4.79 Å². The third kappa shape index (κ3) is 4.54. The Morgan fingerprint density at radius 2 is 1.72 bits per heavy atom. The number of hydrogen-bond acceptors (Lipinski definition) is 4. The average Bonchev–Trinajstić information content (AvgIpc) is 2.89. The number of hydrogen-bond donors (Lipinski definition) is 0. The van der Waals surface area contributed by atoms with Gasteiger partial charge in [0.15, 0.2) is 0 Å². The summed E-state index contributed by atoms with van der Waals surface area (Å²) in [6.07, 6.45) is 2.44. The van der Waals surface area contributed by atoms with Gasteiger partial charge in [0, 0.05) is 25.2 Å². The zero-order valence-corrected chi connectivity index (χ0v) is 17.3. The van der Waals surface area contributed by atoms with Crippen LogP contribution < -0.4 is 4.74 Å². The number of carbonyl (C=O) groups is 1. The van der Waals surface area contributed by atoms with Crippen molar-refractivity contribution >= 4 is 11.5 Å². The maximum atomic E-state index is 11.8. The lowest BCUT2D eigenvalue weighted by atomic mass is 9.86. The van der Waals surface area contributed by atoms with E-state index in [1.807, 2.05) is 19.9 Å². The summed E-state index contributed by atoms with van der Waals surface area (Å²) >= 11 is 0. The van der Waals surface area contributed by atoms with E-state index in [1.54, 1.807) is 0 Å². The quantitative estimate of drug-likeness (QED) is 0.701. The van der Waals surface area contributed by atoms with Gasteiger partial charge in [0.25, 0.3) is 0 Å². The summed E-state index contributed by atoms with van der Waals surface area (Å²) < 4.78 is 11.4. The Kier molecular flexibility index (Phi) is 6.00. The number of benzene rings is 2. The SMILES string of the molecule is CC(C)OC(=O)CCN1CCC(=C2c3ccccc3COc3ccccc32)CC1. The molecular weight excluding hydrogens is 362 g/mol. The molecule has 2 aromatic rings. The van der Waals surface area contributed by atoms with Crippen molar-refractivity contribution in [3.63, 3.8) is 0 Å². The topological polar surface area (TPSA) is 38.8 Å². The fourth-order valence-corrected chi connectivity index (χ4v) is 4.24. The molecule has 2 aromatic carbocycles. The van der Waals surface area contributed by atoms with Crippen LogP contribution in [0.3, 0.4) is 0 Å². The van der Waals surface area contributed by atoms with Gasteiger partial charge in [0.2, 0.25) is 0 Å². The molecule has 1 saturated heterocycles. The average molecular weight is 392 g/mol. The van der Waals surface area contributed by atoms with Crippen LogP contribution in [0.4, 0.5) is 0 Å². The molecule has 0 atom stereocenters. The summed E-state index contributed by atoms with van der Waals surface area (Å²) in [5.41, 5.74) is 6.55. The van der Waals surface area contributed by atoms with Gasteiger partial charge in [-0.2, -0.15) is 0 Å². The molecule has 0 spiro atoms. The summed E-state index contributed by atoms with van der Waals surface area (Å²) in [6, 6.07) is 16.9. The third-order valence-corrected chi connectivity index (χ3v) is 5.64. The molecule has 4 nitrogen and oxygen atoms in total. The third-order valence-electron chi connectivity index (χ3n) is 5.64. The first-order chi connectivity index (χ1) is 14.1. The lowest BCUT2D eigenvalue weighted by molar-refractivity contribution is -0.147. The van der Waals surface area contributed by atoms with Gasteiger partial charge in [-0.1, -0.05) is 48.0 Å². The first kappa shape index (κ1) is 19.7. The molecule has 0 bridgehead atoms. The smallest absolute Gasteiger partial charge is 0.307 e. The fraction of sp³-hybridized carbons (Fsp3) is 0.400. The Labute approximate surface area is 173 Å². The molecule has 0 aromatic heterocycles. The van der Waals surface area contributed by atoms with Crippen molar-refractivity contribution in [3.05, 3.63) is 70.8 Å². The second-order valence-electron chi connectivity index (χ2n) is 8.05. The van der Waals surface area contributed by atoms with Crippen molar-refractivity contribution in [1.29, 1.82) is 0 Å². The van der Waals surface area contributed by atoms with Gasteiger partial charge in [-0.3, -0.25) is 4.79 Å². The molecule has 4 heteroatoms. The van der Waals surface area contributed by atoms with Crippen molar-refractivity contribution in [3.8, 4) is 5.75 Å². The summed E-state index contributed by atoms with van der Waals surface area (Å²) in [6.45, 7) is 7.10. The molecule has 2 heterocycles. The van der Waals surface area contributed by atoms with Crippen molar-refractivity contribution in [2.24, 2.45) is 0 Å². The van der Waals surface area contributed by atoms with Crippen molar-refractivity contribution in [2.75, 3.05) is 19.6 Å². The molecule has 0 N–H and O–H groups in total. The molecule has 29 heavy (non-hydrogen) atoms. The number of ether oxygens (including phenoxy) is 2. The lowest BCUT2D eigenvalue weighted by Crippen LogP contribution is -2.33. The molecule has 0 saturated carbocycles. The molecule has 0 amide bonds. The number of esters is 1. The van der Waals surface area contributed by atoms with E-state index in [2.05, 4.69) is 47.4 Å². The van der Waals surface area contributed by atoms with Crippen LogP contribution in [0.1, 0.15) is 49.8 Å². The van der Waals surface area contributed by atoms with E-state index < -0.39 is 0 Å². The number of rotatable bonds is 4. The Morgan fingerprint density at radius 1 is 1.03 bits per heavy atom. The standard InChI is InChI=1S/C25H29NO3/c1-18(2)29-24(27)13-16-26-14-11-19(12-15-26)25-21-8-4-3-7-20(21)17-28-23-10-6-5-9-22(23)25/h3-10,18H,11-17H2,1-2H3. The van der Waals surface area contributed by atoms with E-state index in [-0.39, 0.29) is 12.1 Å². The first-order valence-electron chi connectivity index (χ1n) is 10.6. The predicted molar refractivity (Wildman–Crippen MR) is 115 cm³/mol. The Balaban J connectivity index is 1.55. The highest BCUT2D eigenvalue weighted by atomic mass is 16.5. The number of para-hydroxylation sites is 1. The van der Waals surface area contributed by atoms with Crippen LogP contribution in [0.2, 0.25) is 0 Å². The van der Waals surface area contributed by atoms with E-state index >= 15 is 0 Å². The second kappa shape index (κ2) is 8.83. The van der Waals surface area contributed by atoms with Crippen LogP contribution in [0.25, 0.3) is 5.57 Å². The highest BCUT2D eigenvalue weighted by Gasteiger charge is 2.24. The van der Waals surface area contributed by atoms with Crippen LogP contribution in [0, 0.1) is 0 Å². The number of piperidine rings is 1. The normalized spacial score (nSPS) is 16.7. The zero-order valence-electron chi connectivity index (χ0n) is 17.3. The highest BCUT2D eigenvalue weighted by Crippen LogP contribution is 2.40. The Hall–Kier alpha value is -2.59. The van der Waals surface area contributed by atoms with Gasteiger partial charge in [-0.05, 0) is 49.5 Å². The summed E-state index contributed by atoms with van der Waals surface area (Å²) in [4.78, 5) is 14.2. The maximum Gasteiger partial charge on any atom is 0.307 e. The lowest BCUT2D eigenvalue weighted by Gasteiger charge is -2.30. The maximum absolute atomic E-state index is 11.8. The molecule has 4 rings (SSSR count). The predicted octanol–water partition coefficient (Wildman–Crippen LogP) is 4.82. The minimum Gasteiger partial charge on any atom is -0.488 e. The molecule has 2 aliphatic rings. The Bertz CT molecular complexity index is 856. The van der Waals surface area contributed by atoms with Crippen LogP contribution in [0.15, 0.2) is 54.1 Å². The van der Waals surface area contributed by atoms with Gasteiger partial charge in [0.1, 0.15) is 12.4 Å². The highest BCUT2D eigenvalue weighted by molar-refractivity contribution is 5.87. The number of fused-ring (bicyclic) bond motifs is 2. The van der Waals surface area contributed by atoms with Gasteiger partial charge in [-0.15, -0.1) is 0 Å². The van der Waals surface area contributed by atoms with Gasteiger partial charge in [0.05, 0.1) is 12.5 Å². The first-order valence-corrected chi connectivity index (χ1v) is 10.6. The number of carbonyl (C=O) groups excluding carboxylic acids is 1. The second-order valence-corrected chi connectivity index (χ2v) is 8.05. The van der Waals surface area contributed by atoms with Crippen molar-refractivity contribution in [1.82, 2.24) is 4.90 Å². The molecule has 2 aliphatic heterocycles. The van der Waals surface area contributed by atoms with E-state index in [1.165, 1.54) is 27.8 Å².